The largest absolute Gasteiger partial charge is 0.355 e. The van der Waals surface area contributed by atoms with E-state index in [1.54, 1.807) is 17.8 Å². The Balaban J connectivity index is 1.49. The summed E-state index contributed by atoms with van der Waals surface area (Å²) in [5.74, 6) is 0.277. The summed E-state index contributed by atoms with van der Waals surface area (Å²) in [5.41, 5.74) is 0.378. The van der Waals surface area contributed by atoms with Crippen LogP contribution in [0.5, 0.6) is 0 Å². The zero-order valence-corrected chi connectivity index (χ0v) is 16.0. The van der Waals surface area contributed by atoms with Crippen LogP contribution in [0.1, 0.15) is 17.9 Å². The maximum atomic E-state index is 13.9. The van der Waals surface area contributed by atoms with E-state index >= 15 is 0 Å². The molecule has 1 amide bonds. The van der Waals surface area contributed by atoms with Gasteiger partial charge in [-0.3, -0.25) is 4.79 Å². The number of benzene rings is 1. The molecule has 9 heteroatoms. The van der Waals surface area contributed by atoms with E-state index in [1.807, 2.05) is 0 Å². The third kappa shape index (κ3) is 4.48. The molecule has 0 unspecified atom stereocenters. The first kappa shape index (κ1) is 18.9. The lowest BCUT2D eigenvalue weighted by atomic mass is 10.1. The number of hydrogen-bond acceptors (Lipinski definition) is 4. The molecule has 1 N–H and O–H groups in total. The van der Waals surface area contributed by atoms with E-state index < -0.39 is 15.8 Å². The summed E-state index contributed by atoms with van der Waals surface area (Å²) in [6.07, 6.45) is 0.530. The van der Waals surface area contributed by atoms with Gasteiger partial charge in [-0.05, 0) is 18.6 Å². The van der Waals surface area contributed by atoms with E-state index in [2.05, 4.69) is 5.32 Å². The maximum absolute atomic E-state index is 13.9. The normalized spacial score (nSPS) is 24.1. The Labute approximate surface area is 156 Å². The van der Waals surface area contributed by atoms with Crippen molar-refractivity contribution < 1.29 is 17.6 Å². The predicted octanol–water partition coefficient (Wildman–Crippen LogP) is 2.08. The van der Waals surface area contributed by atoms with E-state index in [0.29, 0.717) is 30.1 Å². The minimum absolute atomic E-state index is 0.0685. The summed E-state index contributed by atoms with van der Waals surface area (Å²) in [4.78, 5) is 12.2. The highest BCUT2D eigenvalue weighted by Gasteiger charge is 2.46. The minimum atomic E-state index is -3.34. The smallest absolute Gasteiger partial charge is 0.223 e. The van der Waals surface area contributed by atoms with Gasteiger partial charge in [0.15, 0.2) is 0 Å². The van der Waals surface area contributed by atoms with Crippen LogP contribution in [0.2, 0.25) is 5.02 Å². The van der Waals surface area contributed by atoms with E-state index in [-0.39, 0.29) is 30.0 Å². The monoisotopic (exact) mass is 406 g/mol. The molecule has 1 aliphatic heterocycles. The summed E-state index contributed by atoms with van der Waals surface area (Å²) in [6.45, 7) is 1.12. The number of amides is 1. The zero-order valence-electron chi connectivity index (χ0n) is 13.6. The topological polar surface area (TPSA) is 66.5 Å². The molecule has 2 atom stereocenters. The van der Waals surface area contributed by atoms with Crippen LogP contribution in [0.15, 0.2) is 18.2 Å². The first-order valence-electron chi connectivity index (χ1n) is 8.17. The van der Waals surface area contributed by atoms with Crippen LogP contribution in [0.4, 0.5) is 4.39 Å². The Kier molecular flexibility index (Phi) is 5.92. The molecule has 1 aromatic rings. The molecule has 1 saturated heterocycles. The number of carbonyl (C=O) groups is 1. The highest BCUT2D eigenvalue weighted by molar-refractivity contribution is 7.99. The van der Waals surface area contributed by atoms with Crippen molar-refractivity contribution in [3.63, 3.8) is 0 Å². The Morgan fingerprint density at radius 1 is 1.36 bits per heavy atom. The van der Waals surface area contributed by atoms with Gasteiger partial charge in [0, 0.05) is 53.6 Å². The Hall–Kier alpha value is -0.830. The molecule has 5 nitrogen and oxygen atoms in total. The lowest BCUT2D eigenvalue weighted by Gasteiger charge is -2.25. The van der Waals surface area contributed by atoms with Gasteiger partial charge < -0.3 is 5.32 Å². The summed E-state index contributed by atoms with van der Waals surface area (Å²) in [6, 6.07) is 4.47. The lowest BCUT2D eigenvalue weighted by molar-refractivity contribution is -0.122. The Bertz CT molecular complexity index is 733. The minimum Gasteiger partial charge on any atom is -0.355 e. The van der Waals surface area contributed by atoms with Crippen LogP contribution < -0.4 is 5.32 Å². The van der Waals surface area contributed by atoms with Crippen molar-refractivity contribution in [2.45, 2.75) is 12.3 Å². The van der Waals surface area contributed by atoms with Crippen molar-refractivity contribution in [2.24, 2.45) is 5.92 Å². The van der Waals surface area contributed by atoms with Gasteiger partial charge in [0.25, 0.3) is 0 Å². The standard InChI is InChI=1S/C16H20ClFN2O3S2/c17-13-2-1-3-14(18)15(13)11-10-12(11)16(21)19-4-9-25(22,23)20-5-7-24-8-6-20/h1-3,11-12H,4-10H2,(H,19,21)/t11-,12+/m1/s1. The van der Waals surface area contributed by atoms with E-state index in [9.17, 15) is 17.6 Å². The fraction of sp³-hybridized carbons (Fsp3) is 0.562. The molecule has 0 spiro atoms. The molecule has 3 rings (SSSR count). The summed E-state index contributed by atoms with van der Waals surface area (Å²) in [7, 11) is -3.34. The van der Waals surface area contributed by atoms with Crippen molar-refractivity contribution in [3.8, 4) is 0 Å². The SMILES string of the molecule is O=C(NCCS(=O)(=O)N1CCSCC1)[C@H]1C[C@H]1c1c(F)cccc1Cl. The van der Waals surface area contributed by atoms with Crippen molar-refractivity contribution >= 4 is 39.3 Å². The Morgan fingerprint density at radius 2 is 2.08 bits per heavy atom. The fourth-order valence-electron chi connectivity index (χ4n) is 3.06. The molecule has 0 radical (unpaired) electrons. The fourth-order valence-corrected chi connectivity index (χ4v) is 5.85. The van der Waals surface area contributed by atoms with Crippen LogP contribution in [-0.4, -0.2) is 55.5 Å². The van der Waals surface area contributed by atoms with Crippen LogP contribution in [0, 0.1) is 11.7 Å². The zero-order chi connectivity index (χ0) is 18.0. The van der Waals surface area contributed by atoms with Gasteiger partial charge in [0.05, 0.1) is 5.75 Å². The quantitative estimate of drug-likeness (QED) is 0.785. The first-order valence-corrected chi connectivity index (χ1v) is 11.3. The lowest BCUT2D eigenvalue weighted by Crippen LogP contribution is -2.42. The number of sulfonamides is 1. The third-order valence-corrected chi connectivity index (χ3v) is 7.66. The molecule has 1 heterocycles. The molecule has 1 aromatic carbocycles. The van der Waals surface area contributed by atoms with Gasteiger partial charge in [-0.25, -0.2) is 17.1 Å². The van der Waals surface area contributed by atoms with Crippen LogP contribution in [-0.2, 0) is 14.8 Å². The number of rotatable bonds is 6. The number of thioether (sulfide) groups is 1. The molecule has 138 valence electrons. The van der Waals surface area contributed by atoms with Crippen LogP contribution >= 0.6 is 23.4 Å². The number of halogens is 2. The predicted molar refractivity (Wildman–Crippen MR) is 98.0 cm³/mol. The number of hydrogen-bond donors (Lipinski definition) is 1. The summed E-state index contributed by atoms with van der Waals surface area (Å²) < 4.78 is 39.8. The highest BCUT2D eigenvalue weighted by atomic mass is 35.5. The van der Waals surface area contributed by atoms with Gasteiger partial charge in [0.2, 0.25) is 15.9 Å². The van der Waals surface area contributed by atoms with Crippen molar-refractivity contribution in [1.29, 1.82) is 0 Å². The van der Waals surface area contributed by atoms with Gasteiger partial charge >= 0.3 is 0 Å². The molecular weight excluding hydrogens is 387 g/mol. The molecule has 2 aliphatic rings. The van der Waals surface area contributed by atoms with Crippen LogP contribution in [0.25, 0.3) is 0 Å². The highest BCUT2D eigenvalue weighted by Crippen LogP contribution is 2.50. The third-order valence-electron chi connectivity index (χ3n) is 4.52. The molecule has 1 saturated carbocycles. The average Bonchev–Trinajstić information content (AvgIpc) is 3.36. The molecule has 0 bridgehead atoms. The van der Waals surface area contributed by atoms with E-state index in [1.165, 1.54) is 16.4 Å². The second-order valence-electron chi connectivity index (χ2n) is 6.20. The van der Waals surface area contributed by atoms with E-state index in [0.717, 1.165) is 11.5 Å². The van der Waals surface area contributed by atoms with E-state index in [4.69, 9.17) is 11.6 Å². The van der Waals surface area contributed by atoms with Crippen molar-refractivity contribution in [3.05, 3.63) is 34.6 Å². The Morgan fingerprint density at radius 3 is 2.76 bits per heavy atom. The molecule has 2 fully saturated rings. The van der Waals surface area contributed by atoms with Gasteiger partial charge in [-0.1, -0.05) is 17.7 Å². The average molecular weight is 407 g/mol. The van der Waals surface area contributed by atoms with Crippen molar-refractivity contribution in [2.75, 3.05) is 36.9 Å². The molecule has 25 heavy (non-hydrogen) atoms. The van der Waals surface area contributed by atoms with Gasteiger partial charge in [-0.15, -0.1) is 0 Å². The molecule has 0 aromatic heterocycles. The van der Waals surface area contributed by atoms with Crippen LogP contribution in [0.3, 0.4) is 0 Å². The molecular formula is C16H20ClFN2O3S2. The van der Waals surface area contributed by atoms with Crippen molar-refractivity contribution in [1.82, 2.24) is 9.62 Å². The van der Waals surface area contributed by atoms with Gasteiger partial charge in [-0.2, -0.15) is 11.8 Å². The number of carbonyl (C=O) groups excluding carboxylic acids is 1. The second-order valence-corrected chi connectivity index (χ2v) is 9.92. The van der Waals surface area contributed by atoms with Gasteiger partial charge in [0.1, 0.15) is 5.82 Å². The maximum Gasteiger partial charge on any atom is 0.223 e. The summed E-state index contributed by atoms with van der Waals surface area (Å²) in [5, 5.41) is 2.99. The number of nitrogens with zero attached hydrogens (tertiary/aromatic N) is 1. The summed E-state index contributed by atoms with van der Waals surface area (Å²) >= 11 is 7.77. The number of nitrogens with one attached hydrogen (secondary N) is 1. The second kappa shape index (κ2) is 7.82. The first-order chi connectivity index (χ1) is 11.9. The molecule has 1 aliphatic carbocycles.